The van der Waals surface area contributed by atoms with Crippen molar-refractivity contribution < 1.29 is 37.2 Å². The van der Waals surface area contributed by atoms with Gasteiger partial charge in [-0.1, -0.05) is 36.7 Å². The van der Waals surface area contributed by atoms with Crippen molar-refractivity contribution in [2.24, 2.45) is 0 Å². The van der Waals surface area contributed by atoms with Gasteiger partial charge in [0.2, 0.25) is 11.8 Å². The fraction of sp³-hybridized carbons (Fsp3) is 0.389. The third-order valence-corrected chi connectivity index (χ3v) is 7.62. The van der Waals surface area contributed by atoms with E-state index in [-0.39, 0.29) is 41.7 Å². The van der Waals surface area contributed by atoms with Crippen molar-refractivity contribution in [3.63, 3.8) is 0 Å². The SMILES string of the molecule is O=C(Cc1ccc(S(F)(F)(F)(F)F)cc1)N(Cc1noc(C2CC2)n1)C1C=CS(=O)(=O)C1. The molecule has 1 aliphatic carbocycles. The molecule has 1 saturated carbocycles. The lowest BCUT2D eigenvalue weighted by Gasteiger charge is -2.40. The number of nitrogens with zero attached hydrogens (tertiary/aromatic N) is 3. The van der Waals surface area contributed by atoms with Crippen molar-refractivity contribution in [2.45, 2.75) is 42.7 Å². The topological polar surface area (TPSA) is 93.4 Å². The Morgan fingerprint density at radius 2 is 1.78 bits per heavy atom. The van der Waals surface area contributed by atoms with Gasteiger partial charge in [0.25, 0.3) is 0 Å². The van der Waals surface area contributed by atoms with Crippen LogP contribution in [0, 0.1) is 0 Å². The van der Waals surface area contributed by atoms with Gasteiger partial charge in [0.05, 0.1) is 24.8 Å². The highest BCUT2D eigenvalue weighted by molar-refractivity contribution is 8.45. The summed E-state index contributed by atoms with van der Waals surface area (Å²) in [6, 6.07) is 1.22. The van der Waals surface area contributed by atoms with E-state index in [9.17, 15) is 32.6 Å². The summed E-state index contributed by atoms with van der Waals surface area (Å²) >= 11 is 0. The first-order chi connectivity index (χ1) is 14.6. The minimum Gasteiger partial charge on any atom is -0.339 e. The van der Waals surface area contributed by atoms with Crippen LogP contribution in [0.1, 0.15) is 36.0 Å². The number of benzene rings is 1. The summed E-state index contributed by atoms with van der Waals surface area (Å²) < 4.78 is 93.2. The summed E-state index contributed by atoms with van der Waals surface area (Å²) in [5.41, 5.74) is 0.0576. The molecule has 2 aliphatic rings. The van der Waals surface area contributed by atoms with E-state index in [1.165, 1.54) is 11.0 Å². The molecule has 0 N–H and O–H groups in total. The quantitative estimate of drug-likeness (QED) is 0.522. The standard InChI is InChI=1S/C18H18F5N3O4S2/c19-32(20,21,22,23)15-5-1-12(2-6-15)9-17(27)26(14-7-8-31(28,29)11-14)10-16-24-18(30-25-16)13-3-4-13/h1-2,5-8,13-14H,3-4,9-11H2. The van der Waals surface area contributed by atoms with Gasteiger partial charge in [0.1, 0.15) is 4.90 Å². The Hall–Kier alpha value is -2.48. The predicted octanol–water partition coefficient (Wildman–Crippen LogP) is 4.49. The summed E-state index contributed by atoms with van der Waals surface area (Å²) in [5, 5.41) is 4.79. The molecule has 2 aromatic rings. The van der Waals surface area contributed by atoms with E-state index in [2.05, 4.69) is 10.1 Å². The van der Waals surface area contributed by atoms with Crippen LogP contribution < -0.4 is 0 Å². The summed E-state index contributed by atoms with van der Waals surface area (Å²) in [4.78, 5) is 16.3. The van der Waals surface area contributed by atoms with Crippen LogP contribution in [0.5, 0.6) is 0 Å². The molecule has 32 heavy (non-hydrogen) atoms. The number of carbonyl (C=O) groups excluding carboxylic acids is 1. The zero-order valence-electron chi connectivity index (χ0n) is 16.3. The molecule has 1 unspecified atom stereocenters. The van der Waals surface area contributed by atoms with Crippen LogP contribution in [0.2, 0.25) is 0 Å². The molecule has 1 aromatic heterocycles. The van der Waals surface area contributed by atoms with Crippen molar-refractivity contribution in [1.82, 2.24) is 15.0 Å². The number of halogens is 5. The minimum absolute atomic E-state index is 0.0576. The Morgan fingerprint density at radius 1 is 1.12 bits per heavy atom. The zero-order valence-corrected chi connectivity index (χ0v) is 18.0. The molecule has 1 amide bonds. The molecular formula is C18H18F5N3O4S2. The van der Waals surface area contributed by atoms with Crippen molar-refractivity contribution in [1.29, 1.82) is 0 Å². The highest BCUT2D eigenvalue weighted by Crippen LogP contribution is 3.02. The van der Waals surface area contributed by atoms with Crippen molar-refractivity contribution in [2.75, 3.05) is 5.75 Å². The van der Waals surface area contributed by atoms with Gasteiger partial charge in [-0.2, -0.15) is 4.98 Å². The first-order valence-electron chi connectivity index (χ1n) is 9.46. The van der Waals surface area contributed by atoms with E-state index in [1.54, 1.807) is 0 Å². The summed E-state index contributed by atoms with van der Waals surface area (Å²) in [7, 11) is -13.3. The fourth-order valence-electron chi connectivity index (χ4n) is 3.26. The van der Waals surface area contributed by atoms with Gasteiger partial charge in [0, 0.05) is 11.3 Å². The number of carbonyl (C=O) groups is 1. The Morgan fingerprint density at radius 3 is 2.31 bits per heavy atom. The Bertz CT molecular complexity index is 1190. The Kier molecular flexibility index (Phi) is 4.80. The monoisotopic (exact) mass is 499 g/mol. The second kappa shape index (κ2) is 6.76. The second-order valence-corrected chi connectivity index (χ2v) is 12.2. The molecule has 176 valence electrons. The van der Waals surface area contributed by atoms with Gasteiger partial charge in [-0.05, 0) is 36.6 Å². The van der Waals surface area contributed by atoms with Gasteiger partial charge in [-0.25, -0.2) is 8.42 Å². The third-order valence-electron chi connectivity index (χ3n) is 5.08. The van der Waals surface area contributed by atoms with Gasteiger partial charge >= 0.3 is 10.2 Å². The highest BCUT2D eigenvalue weighted by Gasteiger charge is 2.65. The third kappa shape index (κ3) is 5.28. The zero-order chi connectivity index (χ0) is 23.4. The van der Waals surface area contributed by atoms with Gasteiger partial charge in [-0.3, -0.25) is 4.79 Å². The Balaban J connectivity index is 1.54. The fourth-order valence-corrected chi connectivity index (χ4v) is 5.21. The number of aromatic nitrogens is 2. The van der Waals surface area contributed by atoms with Gasteiger partial charge < -0.3 is 9.42 Å². The van der Waals surface area contributed by atoms with E-state index in [0.717, 1.165) is 30.4 Å². The maximum atomic E-state index is 12.9. The van der Waals surface area contributed by atoms with Crippen LogP contribution in [0.4, 0.5) is 19.4 Å². The van der Waals surface area contributed by atoms with E-state index in [1.807, 2.05) is 0 Å². The molecule has 0 bridgehead atoms. The second-order valence-electron chi connectivity index (χ2n) is 7.86. The van der Waals surface area contributed by atoms with Crippen LogP contribution in [0.3, 0.4) is 0 Å². The lowest BCUT2D eigenvalue weighted by atomic mass is 10.1. The molecule has 4 rings (SSSR count). The highest BCUT2D eigenvalue weighted by atomic mass is 32.5. The molecule has 1 aromatic carbocycles. The van der Waals surface area contributed by atoms with Crippen LogP contribution in [-0.4, -0.2) is 41.2 Å². The average molecular weight is 499 g/mol. The summed E-state index contributed by atoms with van der Waals surface area (Å²) in [5.74, 6) is -0.243. The molecule has 1 fully saturated rings. The molecule has 2 heterocycles. The van der Waals surface area contributed by atoms with Crippen LogP contribution in [0.25, 0.3) is 0 Å². The van der Waals surface area contributed by atoms with Gasteiger partial charge in [0.15, 0.2) is 15.7 Å². The maximum Gasteiger partial charge on any atom is 0.310 e. The number of rotatable bonds is 7. The van der Waals surface area contributed by atoms with E-state index >= 15 is 0 Å². The predicted molar refractivity (Wildman–Crippen MR) is 105 cm³/mol. The van der Waals surface area contributed by atoms with Gasteiger partial charge in [-0.15, -0.1) is 0 Å². The number of amides is 1. The van der Waals surface area contributed by atoms with Crippen molar-refractivity contribution >= 4 is 26.0 Å². The normalized spacial score (nSPS) is 22.3. The minimum atomic E-state index is -9.82. The van der Waals surface area contributed by atoms with Crippen LogP contribution in [0.15, 0.2) is 45.2 Å². The molecule has 0 radical (unpaired) electrons. The summed E-state index contributed by atoms with van der Waals surface area (Å²) in [6.07, 6.45) is 2.70. The van der Waals surface area contributed by atoms with Crippen LogP contribution in [-0.2, 0) is 27.6 Å². The average Bonchev–Trinajstić information content (AvgIpc) is 3.29. The van der Waals surface area contributed by atoms with Crippen LogP contribution >= 0.6 is 10.2 Å². The number of sulfone groups is 1. The molecule has 0 spiro atoms. The molecule has 1 aliphatic heterocycles. The largest absolute Gasteiger partial charge is 0.339 e. The molecule has 7 nitrogen and oxygen atoms in total. The molecule has 0 saturated heterocycles. The smallest absolute Gasteiger partial charge is 0.310 e. The van der Waals surface area contributed by atoms with E-state index in [4.69, 9.17) is 4.52 Å². The lowest BCUT2D eigenvalue weighted by Crippen LogP contribution is -2.41. The Labute approximate surface area is 179 Å². The molecular weight excluding hydrogens is 481 g/mol. The molecule has 14 heteroatoms. The summed E-state index contributed by atoms with van der Waals surface area (Å²) in [6.45, 7) is -0.177. The first kappa shape index (κ1) is 22.7. The van der Waals surface area contributed by atoms with Crippen molar-refractivity contribution in [3.05, 3.63) is 53.0 Å². The first-order valence-corrected chi connectivity index (χ1v) is 13.1. The lowest BCUT2D eigenvalue weighted by molar-refractivity contribution is -0.132. The molecule has 1 atom stereocenters. The number of hydrogen-bond acceptors (Lipinski definition) is 6. The van der Waals surface area contributed by atoms with Crippen molar-refractivity contribution in [3.8, 4) is 0 Å². The van der Waals surface area contributed by atoms with E-state index in [0.29, 0.717) is 5.89 Å². The van der Waals surface area contributed by atoms with E-state index < -0.39 is 43.3 Å². The maximum absolute atomic E-state index is 12.9. The number of hydrogen-bond donors (Lipinski definition) is 0.